The fraction of sp³-hybridized carbons (Fsp3) is 1.00. The standard InChI is InChI=1S/C13H25NO3S/c1-16-10-12(9-15)14-11-2-5-17-13(8-11)3-6-18-7-4-13/h11-12,14-15H,2-10H2,1H3. The van der Waals surface area contributed by atoms with Crippen LogP contribution in [0.2, 0.25) is 0 Å². The highest BCUT2D eigenvalue weighted by Gasteiger charge is 2.39. The van der Waals surface area contributed by atoms with Crippen molar-refractivity contribution in [3.05, 3.63) is 0 Å². The molecule has 1 spiro atoms. The number of hydrogen-bond donors (Lipinski definition) is 2. The van der Waals surface area contributed by atoms with E-state index in [1.54, 1.807) is 7.11 Å². The van der Waals surface area contributed by atoms with Crippen LogP contribution in [0.1, 0.15) is 25.7 Å². The van der Waals surface area contributed by atoms with Gasteiger partial charge in [-0.3, -0.25) is 0 Å². The van der Waals surface area contributed by atoms with Crippen molar-refractivity contribution >= 4 is 11.8 Å². The molecule has 0 radical (unpaired) electrons. The minimum atomic E-state index is 0.0492. The molecule has 0 bridgehead atoms. The zero-order valence-electron chi connectivity index (χ0n) is 11.2. The molecule has 2 atom stereocenters. The molecule has 2 N–H and O–H groups in total. The van der Waals surface area contributed by atoms with Crippen LogP contribution in [-0.4, -0.2) is 61.2 Å². The molecule has 5 heteroatoms. The van der Waals surface area contributed by atoms with Gasteiger partial charge in [-0.25, -0.2) is 0 Å². The van der Waals surface area contributed by atoms with Crippen LogP contribution in [0.4, 0.5) is 0 Å². The van der Waals surface area contributed by atoms with Crippen molar-refractivity contribution < 1.29 is 14.6 Å². The Labute approximate surface area is 114 Å². The molecule has 106 valence electrons. The average molecular weight is 275 g/mol. The van der Waals surface area contributed by atoms with Crippen LogP contribution in [0.3, 0.4) is 0 Å². The van der Waals surface area contributed by atoms with Gasteiger partial charge in [0.05, 0.1) is 24.9 Å². The molecule has 2 fully saturated rings. The maximum Gasteiger partial charge on any atom is 0.0713 e. The van der Waals surface area contributed by atoms with Crippen molar-refractivity contribution in [2.75, 3.05) is 38.4 Å². The van der Waals surface area contributed by atoms with Crippen molar-refractivity contribution in [3.63, 3.8) is 0 Å². The van der Waals surface area contributed by atoms with Gasteiger partial charge in [0.2, 0.25) is 0 Å². The van der Waals surface area contributed by atoms with Crippen LogP contribution < -0.4 is 5.32 Å². The second-order valence-electron chi connectivity index (χ2n) is 5.34. The summed E-state index contributed by atoms with van der Waals surface area (Å²) in [6.07, 6.45) is 4.46. The SMILES string of the molecule is COCC(CO)NC1CCOC2(CCSCC2)C1. The predicted octanol–water partition coefficient (Wildman–Crippen LogP) is 1.03. The number of hydrogen-bond acceptors (Lipinski definition) is 5. The summed E-state index contributed by atoms with van der Waals surface area (Å²) in [6, 6.07) is 0.502. The Hall–Kier alpha value is 0.190. The van der Waals surface area contributed by atoms with E-state index in [-0.39, 0.29) is 18.2 Å². The van der Waals surface area contributed by atoms with Gasteiger partial charge >= 0.3 is 0 Å². The van der Waals surface area contributed by atoms with Crippen LogP contribution in [0.25, 0.3) is 0 Å². The average Bonchev–Trinajstić information content (AvgIpc) is 2.39. The lowest BCUT2D eigenvalue weighted by molar-refractivity contribution is -0.0954. The molecular formula is C13H25NO3S. The Morgan fingerprint density at radius 1 is 1.50 bits per heavy atom. The molecule has 2 aliphatic rings. The van der Waals surface area contributed by atoms with Crippen molar-refractivity contribution in [1.82, 2.24) is 5.32 Å². The topological polar surface area (TPSA) is 50.7 Å². The fourth-order valence-corrected chi connectivity index (χ4v) is 4.19. The molecule has 2 aliphatic heterocycles. The van der Waals surface area contributed by atoms with Gasteiger partial charge in [-0.15, -0.1) is 0 Å². The van der Waals surface area contributed by atoms with Gasteiger partial charge < -0.3 is 19.9 Å². The molecule has 4 nitrogen and oxygen atoms in total. The minimum Gasteiger partial charge on any atom is -0.395 e. The van der Waals surface area contributed by atoms with E-state index in [1.807, 2.05) is 11.8 Å². The van der Waals surface area contributed by atoms with Gasteiger partial charge in [-0.05, 0) is 37.2 Å². The molecule has 0 aromatic rings. The molecule has 0 saturated carbocycles. The van der Waals surface area contributed by atoms with Crippen LogP contribution in [0, 0.1) is 0 Å². The first-order valence-electron chi connectivity index (χ1n) is 6.85. The summed E-state index contributed by atoms with van der Waals surface area (Å²) in [5.74, 6) is 2.43. The molecule has 0 aromatic heterocycles. The predicted molar refractivity (Wildman–Crippen MR) is 74.1 cm³/mol. The number of rotatable bonds is 5. The fourth-order valence-electron chi connectivity index (χ4n) is 2.95. The number of methoxy groups -OCH3 is 1. The number of aliphatic hydroxyl groups is 1. The highest BCUT2D eigenvalue weighted by molar-refractivity contribution is 7.99. The van der Waals surface area contributed by atoms with E-state index >= 15 is 0 Å². The first-order chi connectivity index (χ1) is 8.78. The Kier molecular flexibility index (Phi) is 5.76. The van der Waals surface area contributed by atoms with Crippen LogP contribution in [0.15, 0.2) is 0 Å². The smallest absolute Gasteiger partial charge is 0.0713 e. The summed E-state index contributed by atoms with van der Waals surface area (Å²) in [6.45, 7) is 1.54. The summed E-state index contributed by atoms with van der Waals surface area (Å²) in [4.78, 5) is 0. The monoisotopic (exact) mass is 275 g/mol. The first-order valence-corrected chi connectivity index (χ1v) is 8.01. The van der Waals surface area contributed by atoms with Crippen molar-refractivity contribution in [2.24, 2.45) is 0 Å². The van der Waals surface area contributed by atoms with Gasteiger partial charge in [-0.1, -0.05) is 0 Å². The highest BCUT2D eigenvalue weighted by Crippen LogP contribution is 2.37. The van der Waals surface area contributed by atoms with E-state index in [0.29, 0.717) is 12.6 Å². The minimum absolute atomic E-state index is 0.0492. The number of thioether (sulfide) groups is 1. The van der Waals surface area contributed by atoms with E-state index < -0.39 is 0 Å². The van der Waals surface area contributed by atoms with E-state index in [9.17, 15) is 5.11 Å². The molecular weight excluding hydrogens is 250 g/mol. The Bertz CT molecular complexity index is 241. The van der Waals surface area contributed by atoms with Crippen LogP contribution in [-0.2, 0) is 9.47 Å². The second-order valence-corrected chi connectivity index (χ2v) is 6.56. The lowest BCUT2D eigenvalue weighted by Crippen LogP contribution is -2.52. The zero-order chi connectivity index (χ0) is 12.8. The van der Waals surface area contributed by atoms with E-state index in [4.69, 9.17) is 9.47 Å². The van der Waals surface area contributed by atoms with Crippen molar-refractivity contribution in [1.29, 1.82) is 0 Å². The van der Waals surface area contributed by atoms with Crippen LogP contribution in [0.5, 0.6) is 0 Å². The zero-order valence-corrected chi connectivity index (χ0v) is 12.0. The molecule has 2 unspecified atom stereocenters. The molecule has 0 aliphatic carbocycles. The van der Waals surface area contributed by atoms with Crippen LogP contribution >= 0.6 is 11.8 Å². The van der Waals surface area contributed by atoms with E-state index in [1.165, 1.54) is 24.3 Å². The lowest BCUT2D eigenvalue weighted by Gasteiger charge is -2.44. The first kappa shape index (κ1) is 14.6. The molecule has 2 rings (SSSR count). The van der Waals surface area contributed by atoms with E-state index in [0.717, 1.165) is 19.4 Å². The number of nitrogens with one attached hydrogen (secondary N) is 1. The molecule has 2 saturated heterocycles. The molecule has 18 heavy (non-hydrogen) atoms. The maximum absolute atomic E-state index is 9.31. The Morgan fingerprint density at radius 2 is 2.28 bits per heavy atom. The van der Waals surface area contributed by atoms with Gasteiger partial charge in [0.25, 0.3) is 0 Å². The summed E-state index contributed by atoms with van der Waals surface area (Å²) in [5.41, 5.74) is 0.105. The highest BCUT2D eigenvalue weighted by atomic mass is 32.2. The summed E-state index contributed by atoms with van der Waals surface area (Å²) >= 11 is 2.03. The van der Waals surface area contributed by atoms with Gasteiger partial charge in [0.15, 0.2) is 0 Å². The summed E-state index contributed by atoms with van der Waals surface area (Å²) in [5, 5.41) is 12.8. The third-order valence-corrected chi connectivity index (χ3v) is 4.94. The quantitative estimate of drug-likeness (QED) is 0.785. The van der Waals surface area contributed by atoms with Crippen molar-refractivity contribution in [2.45, 2.75) is 43.4 Å². The summed E-state index contributed by atoms with van der Waals surface area (Å²) in [7, 11) is 1.67. The molecule has 2 heterocycles. The third-order valence-electron chi connectivity index (χ3n) is 3.96. The van der Waals surface area contributed by atoms with Gasteiger partial charge in [-0.2, -0.15) is 11.8 Å². The van der Waals surface area contributed by atoms with Crippen molar-refractivity contribution in [3.8, 4) is 0 Å². The number of ether oxygens (including phenoxy) is 2. The Balaban J connectivity index is 1.85. The largest absolute Gasteiger partial charge is 0.395 e. The second kappa shape index (κ2) is 7.10. The maximum atomic E-state index is 9.31. The molecule has 0 aromatic carbocycles. The number of aliphatic hydroxyl groups excluding tert-OH is 1. The lowest BCUT2D eigenvalue weighted by atomic mass is 9.85. The van der Waals surface area contributed by atoms with Gasteiger partial charge in [0.1, 0.15) is 0 Å². The summed E-state index contributed by atoms with van der Waals surface area (Å²) < 4.78 is 11.2. The van der Waals surface area contributed by atoms with E-state index in [2.05, 4.69) is 5.32 Å². The normalized spacial score (nSPS) is 29.3. The Morgan fingerprint density at radius 3 is 2.94 bits per heavy atom. The third kappa shape index (κ3) is 3.84. The molecule has 0 amide bonds. The van der Waals surface area contributed by atoms with Gasteiger partial charge in [0, 0.05) is 19.8 Å².